The number of pyridine rings is 1. The van der Waals surface area contributed by atoms with Crippen molar-refractivity contribution in [3.63, 3.8) is 0 Å². The van der Waals surface area contributed by atoms with E-state index in [0.717, 1.165) is 0 Å². The van der Waals surface area contributed by atoms with Crippen LogP contribution in [0.25, 0.3) is 0 Å². The zero-order valence-corrected chi connectivity index (χ0v) is 11.6. The van der Waals surface area contributed by atoms with Crippen molar-refractivity contribution >= 4 is 15.5 Å². The molecule has 2 aromatic heterocycles. The molecule has 0 saturated carbocycles. The topological polar surface area (TPSA) is 90.9 Å². The number of nitrogens with zero attached hydrogens (tertiary/aromatic N) is 3. The summed E-state index contributed by atoms with van der Waals surface area (Å²) in [6.07, 6.45) is 4.51. The fourth-order valence-corrected chi connectivity index (χ4v) is 3.07. The normalized spacial score (nSPS) is 11.9. The van der Waals surface area contributed by atoms with Gasteiger partial charge in [-0.1, -0.05) is 0 Å². The molecule has 2 aromatic rings. The van der Waals surface area contributed by atoms with Crippen LogP contribution in [0.5, 0.6) is 0 Å². The molecule has 0 aliphatic rings. The average Bonchev–Trinajstić information content (AvgIpc) is 2.77. The van der Waals surface area contributed by atoms with Crippen LogP contribution in [0.2, 0.25) is 0 Å². The lowest BCUT2D eigenvalue weighted by Crippen LogP contribution is -2.09. The zero-order chi connectivity index (χ0) is 14.0. The van der Waals surface area contributed by atoms with Crippen molar-refractivity contribution in [1.29, 1.82) is 0 Å². The van der Waals surface area contributed by atoms with Gasteiger partial charge in [-0.2, -0.15) is 5.10 Å². The van der Waals surface area contributed by atoms with Crippen molar-refractivity contribution in [2.24, 2.45) is 0 Å². The van der Waals surface area contributed by atoms with Gasteiger partial charge in [0.05, 0.1) is 28.2 Å². The van der Waals surface area contributed by atoms with Gasteiger partial charge in [-0.05, 0) is 26.0 Å². The molecule has 0 spiro atoms. The first-order chi connectivity index (χ1) is 8.90. The molecule has 0 fully saturated rings. The second kappa shape index (κ2) is 5.00. The quantitative estimate of drug-likeness (QED) is 0.914. The largest absolute Gasteiger partial charge is 0.396 e. The van der Waals surface area contributed by atoms with Crippen LogP contribution in [0.15, 0.2) is 35.6 Å². The fourth-order valence-electron chi connectivity index (χ4n) is 1.69. The molecule has 0 bridgehead atoms. The predicted molar refractivity (Wildman–Crippen MR) is 72.2 cm³/mol. The summed E-state index contributed by atoms with van der Waals surface area (Å²) in [5, 5.41) is 4.23. The summed E-state index contributed by atoms with van der Waals surface area (Å²) in [5.41, 5.74) is 6.31. The Morgan fingerprint density at radius 3 is 2.68 bits per heavy atom. The van der Waals surface area contributed by atoms with Gasteiger partial charge >= 0.3 is 0 Å². The van der Waals surface area contributed by atoms with Crippen LogP contribution in [-0.2, 0) is 15.6 Å². The lowest BCUT2D eigenvalue weighted by atomic mass is 10.4. The number of nitrogen functional groups attached to an aromatic ring is 1. The lowest BCUT2D eigenvalue weighted by molar-refractivity contribution is 0.527. The molecule has 0 amide bonds. The third-order valence-corrected chi connectivity index (χ3v) is 4.39. The van der Waals surface area contributed by atoms with E-state index < -0.39 is 9.84 Å². The van der Waals surface area contributed by atoms with E-state index in [1.165, 1.54) is 18.5 Å². The first kappa shape index (κ1) is 13.5. The molecule has 0 aromatic carbocycles. The maximum Gasteiger partial charge on any atom is 0.186 e. The molecule has 2 N–H and O–H groups in total. The molecule has 0 atom stereocenters. The van der Waals surface area contributed by atoms with Gasteiger partial charge in [0.1, 0.15) is 0 Å². The van der Waals surface area contributed by atoms with E-state index in [2.05, 4.69) is 10.1 Å². The average molecular weight is 280 g/mol. The second-order valence-electron chi connectivity index (χ2n) is 4.55. The van der Waals surface area contributed by atoms with Gasteiger partial charge in [0.25, 0.3) is 0 Å². The Labute approximate surface area is 112 Å². The Morgan fingerprint density at radius 2 is 2.11 bits per heavy atom. The summed E-state index contributed by atoms with van der Waals surface area (Å²) < 4.78 is 26.2. The maximum absolute atomic E-state index is 12.2. The predicted octanol–water partition coefficient (Wildman–Crippen LogP) is 1.42. The highest BCUT2D eigenvalue weighted by Crippen LogP contribution is 2.20. The number of hydrogen-bond donors (Lipinski definition) is 1. The van der Waals surface area contributed by atoms with E-state index in [1.807, 2.05) is 13.8 Å². The van der Waals surface area contributed by atoms with Gasteiger partial charge in [0.15, 0.2) is 9.84 Å². The molecule has 0 aliphatic heterocycles. The summed E-state index contributed by atoms with van der Waals surface area (Å²) >= 11 is 0. The molecule has 19 heavy (non-hydrogen) atoms. The third-order valence-electron chi connectivity index (χ3n) is 2.68. The third kappa shape index (κ3) is 2.93. The van der Waals surface area contributed by atoms with Crippen molar-refractivity contribution in [3.8, 4) is 0 Å². The van der Waals surface area contributed by atoms with Crippen LogP contribution < -0.4 is 5.73 Å². The highest BCUT2D eigenvalue weighted by Gasteiger charge is 2.19. The Bertz CT molecular complexity index is 677. The Morgan fingerprint density at radius 1 is 1.37 bits per heavy atom. The summed E-state index contributed by atoms with van der Waals surface area (Å²) in [5.74, 6) is -0.166. The molecule has 102 valence electrons. The minimum Gasteiger partial charge on any atom is -0.396 e. The molecule has 0 unspecified atom stereocenters. The summed E-state index contributed by atoms with van der Waals surface area (Å²) in [7, 11) is -3.50. The van der Waals surface area contributed by atoms with Crippen LogP contribution in [0.4, 0.5) is 5.69 Å². The Hall–Kier alpha value is -1.89. The van der Waals surface area contributed by atoms with Crippen molar-refractivity contribution < 1.29 is 8.42 Å². The second-order valence-corrected chi connectivity index (χ2v) is 6.51. The number of nitrogens with two attached hydrogens (primary N) is 1. The van der Waals surface area contributed by atoms with Crippen molar-refractivity contribution in [3.05, 3.63) is 36.4 Å². The molecule has 0 saturated heterocycles. The number of rotatable bonds is 4. The molecule has 0 aliphatic carbocycles. The molecule has 0 radical (unpaired) electrons. The van der Waals surface area contributed by atoms with Gasteiger partial charge in [-0.15, -0.1) is 0 Å². The number of sulfone groups is 1. The van der Waals surface area contributed by atoms with Crippen molar-refractivity contribution in [2.75, 3.05) is 5.73 Å². The van der Waals surface area contributed by atoms with Crippen LogP contribution in [0, 0.1) is 0 Å². The van der Waals surface area contributed by atoms with Gasteiger partial charge in [-0.25, -0.2) is 8.42 Å². The fraction of sp³-hybridized carbons (Fsp3) is 0.333. The van der Waals surface area contributed by atoms with E-state index in [1.54, 1.807) is 16.9 Å². The van der Waals surface area contributed by atoms with Crippen LogP contribution in [0.3, 0.4) is 0 Å². The minimum atomic E-state index is -3.50. The molecular weight excluding hydrogens is 264 g/mol. The standard InChI is InChI=1S/C12H16N4O2S/c1-9(2)16-6-4-10(15-16)8-19(17,18)12-3-5-14-7-11(12)13/h3-7,9H,8,13H2,1-2H3. The maximum atomic E-state index is 12.2. The Balaban J connectivity index is 2.29. The Kier molecular flexibility index (Phi) is 3.57. The van der Waals surface area contributed by atoms with Crippen molar-refractivity contribution in [1.82, 2.24) is 14.8 Å². The zero-order valence-electron chi connectivity index (χ0n) is 10.8. The minimum absolute atomic E-state index is 0.0987. The molecular formula is C12H16N4O2S. The van der Waals surface area contributed by atoms with E-state index >= 15 is 0 Å². The smallest absolute Gasteiger partial charge is 0.186 e. The molecule has 2 heterocycles. The highest BCUT2D eigenvalue weighted by molar-refractivity contribution is 7.90. The van der Waals surface area contributed by atoms with Crippen LogP contribution in [-0.4, -0.2) is 23.2 Å². The summed E-state index contributed by atoms with van der Waals surface area (Å²) in [4.78, 5) is 3.88. The first-order valence-electron chi connectivity index (χ1n) is 5.86. The van der Waals surface area contributed by atoms with Crippen LogP contribution >= 0.6 is 0 Å². The van der Waals surface area contributed by atoms with E-state index in [0.29, 0.717) is 5.69 Å². The lowest BCUT2D eigenvalue weighted by Gasteiger charge is -2.06. The number of hydrogen-bond acceptors (Lipinski definition) is 5. The molecule has 7 heteroatoms. The molecule has 6 nitrogen and oxygen atoms in total. The summed E-state index contributed by atoms with van der Waals surface area (Å²) in [6.45, 7) is 3.96. The number of aromatic nitrogens is 3. The van der Waals surface area contributed by atoms with Gasteiger partial charge < -0.3 is 5.73 Å². The summed E-state index contributed by atoms with van der Waals surface area (Å²) in [6, 6.07) is 3.31. The SMILES string of the molecule is CC(C)n1ccc(CS(=O)(=O)c2ccncc2N)n1. The van der Waals surface area contributed by atoms with E-state index in [-0.39, 0.29) is 22.4 Å². The van der Waals surface area contributed by atoms with E-state index in [9.17, 15) is 8.42 Å². The monoisotopic (exact) mass is 280 g/mol. The van der Waals surface area contributed by atoms with Gasteiger partial charge in [-0.3, -0.25) is 9.67 Å². The van der Waals surface area contributed by atoms with Gasteiger partial charge in [0.2, 0.25) is 0 Å². The number of anilines is 1. The highest BCUT2D eigenvalue weighted by atomic mass is 32.2. The van der Waals surface area contributed by atoms with Gasteiger partial charge in [0, 0.05) is 18.4 Å². The van der Waals surface area contributed by atoms with Crippen LogP contribution in [0.1, 0.15) is 25.6 Å². The van der Waals surface area contributed by atoms with Crippen molar-refractivity contribution in [2.45, 2.75) is 30.5 Å². The van der Waals surface area contributed by atoms with E-state index in [4.69, 9.17) is 5.73 Å². The first-order valence-corrected chi connectivity index (χ1v) is 7.51. The molecule has 2 rings (SSSR count).